The van der Waals surface area contributed by atoms with E-state index < -0.39 is 0 Å². The molecule has 3 rings (SSSR count). The second-order valence-electron chi connectivity index (χ2n) is 3.61. The lowest BCUT2D eigenvalue weighted by atomic mass is 10.2. The van der Waals surface area contributed by atoms with Crippen molar-refractivity contribution in [2.75, 3.05) is 5.73 Å². The van der Waals surface area contributed by atoms with Gasteiger partial charge >= 0.3 is 0 Å². The number of benzene rings is 1. The molecule has 96 valence electrons. The predicted octanol–water partition coefficient (Wildman–Crippen LogP) is 3.75. The fourth-order valence-corrected chi connectivity index (χ4v) is 2.37. The standard InChI is InChI=1S/C11H6Cl2N4OS/c12-6-2-1-5(3-7(6)13)9-16-10(18-17-9)8-4-15-11(14)19-8/h1-4H,(H2,14,15). The van der Waals surface area contributed by atoms with Crippen LogP contribution in [0.4, 0.5) is 5.13 Å². The van der Waals surface area contributed by atoms with Crippen LogP contribution in [0.3, 0.4) is 0 Å². The van der Waals surface area contributed by atoms with E-state index in [1.54, 1.807) is 24.4 Å². The molecule has 0 saturated heterocycles. The zero-order valence-electron chi connectivity index (χ0n) is 9.30. The van der Waals surface area contributed by atoms with E-state index in [1.807, 2.05) is 0 Å². The van der Waals surface area contributed by atoms with Gasteiger partial charge in [0.2, 0.25) is 5.82 Å². The molecule has 0 atom stereocenters. The van der Waals surface area contributed by atoms with Crippen LogP contribution in [0.1, 0.15) is 0 Å². The molecule has 3 aromatic rings. The zero-order valence-corrected chi connectivity index (χ0v) is 11.6. The van der Waals surface area contributed by atoms with Crippen LogP contribution in [0.25, 0.3) is 22.2 Å². The Morgan fingerprint density at radius 2 is 2.05 bits per heavy atom. The van der Waals surface area contributed by atoms with Crippen molar-refractivity contribution < 1.29 is 4.52 Å². The zero-order chi connectivity index (χ0) is 13.4. The van der Waals surface area contributed by atoms with Crippen molar-refractivity contribution in [1.29, 1.82) is 0 Å². The van der Waals surface area contributed by atoms with E-state index in [0.717, 1.165) is 10.4 Å². The van der Waals surface area contributed by atoms with Crippen LogP contribution in [-0.2, 0) is 0 Å². The highest BCUT2D eigenvalue weighted by Gasteiger charge is 2.13. The molecule has 0 fully saturated rings. The van der Waals surface area contributed by atoms with Crippen molar-refractivity contribution in [3.05, 3.63) is 34.4 Å². The molecule has 1 aromatic carbocycles. The van der Waals surface area contributed by atoms with Crippen molar-refractivity contribution in [1.82, 2.24) is 15.1 Å². The van der Waals surface area contributed by atoms with Gasteiger partial charge in [-0.3, -0.25) is 0 Å². The summed E-state index contributed by atoms with van der Waals surface area (Å²) in [6.45, 7) is 0. The molecule has 2 N–H and O–H groups in total. The molecular formula is C11H6Cl2N4OS. The molecule has 0 aliphatic rings. The van der Waals surface area contributed by atoms with Gasteiger partial charge < -0.3 is 10.3 Å². The average Bonchev–Trinajstić information content (AvgIpc) is 3.01. The number of aromatic nitrogens is 3. The van der Waals surface area contributed by atoms with Crippen LogP contribution >= 0.6 is 34.5 Å². The van der Waals surface area contributed by atoms with E-state index in [-0.39, 0.29) is 0 Å². The summed E-state index contributed by atoms with van der Waals surface area (Å²) in [5.74, 6) is 0.802. The van der Waals surface area contributed by atoms with Gasteiger partial charge in [-0.2, -0.15) is 4.98 Å². The Balaban J connectivity index is 1.98. The first-order valence-corrected chi connectivity index (χ1v) is 6.71. The second-order valence-corrected chi connectivity index (χ2v) is 5.49. The van der Waals surface area contributed by atoms with E-state index in [2.05, 4.69) is 15.1 Å². The normalized spacial score (nSPS) is 10.8. The number of hydrogen-bond acceptors (Lipinski definition) is 6. The maximum absolute atomic E-state index is 5.95. The number of nitrogen functional groups attached to an aromatic ring is 1. The van der Waals surface area contributed by atoms with E-state index in [1.165, 1.54) is 11.3 Å². The van der Waals surface area contributed by atoms with Crippen LogP contribution in [-0.4, -0.2) is 15.1 Å². The number of nitrogens with zero attached hydrogens (tertiary/aromatic N) is 3. The van der Waals surface area contributed by atoms with Gasteiger partial charge in [0.05, 0.1) is 16.2 Å². The largest absolute Gasteiger partial charge is 0.375 e. The molecular weight excluding hydrogens is 307 g/mol. The predicted molar refractivity (Wildman–Crippen MR) is 75.3 cm³/mol. The highest BCUT2D eigenvalue weighted by Crippen LogP contribution is 2.30. The minimum absolute atomic E-state index is 0.371. The SMILES string of the molecule is Nc1ncc(-c2nc(-c3ccc(Cl)c(Cl)c3)no2)s1. The molecule has 0 aliphatic carbocycles. The Kier molecular flexibility index (Phi) is 3.14. The van der Waals surface area contributed by atoms with Gasteiger partial charge in [0, 0.05) is 5.56 Å². The maximum atomic E-state index is 5.95. The van der Waals surface area contributed by atoms with Gasteiger partial charge in [-0.05, 0) is 18.2 Å². The highest BCUT2D eigenvalue weighted by atomic mass is 35.5. The van der Waals surface area contributed by atoms with Crippen LogP contribution in [0.2, 0.25) is 10.0 Å². The number of anilines is 1. The Bertz CT molecular complexity index is 740. The topological polar surface area (TPSA) is 77.8 Å². The third-order valence-electron chi connectivity index (χ3n) is 2.34. The fraction of sp³-hybridized carbons (Fsp3) is 0. The summed E-state index contributed by atoms with van der Waals surface area (Å²) in [7, 11) is 0. The Labute approximate surface area is 122 Å². The number of rotatable bonds is 2. The molecule has 0 spiro atoms. The summed E-state index contributed by atoms with van der Waals surface area (Å²) in [4.78, 5) is 8.92. The Hall–Kier alpha value is -1.63. The molecule has 5 nitrogen and oxygen atoms in total. The molecule has 0 aliphatic heterocycles. The molecule has 0 bridgehead atoms. The molecule has 8 heteroatoms. The van der Waals surface area contributed by atoms with E-state index in [4.69, 9.17) is 33.5 Å². The summed E-state index contributed by atoms with van der Waals surface area (Å²) in [6, 6.07) is 5.13. The van der Waals surface area contributed by atoms with Gasteiger partial charge in [0.25, 0.3) is 5.89 Å². The summed E-state index contributed by atoms with van der Waals surface area (Å²) in [5.41, 5.74) is 6.28. The van der Waals surface area contributed by atoms with E-state index in [0.29, 0.717) is 26.9 Å². The third kappa shape index (κ3) is 2.42. The highest BCUT2D eigenvalue weighted by molar-refractivity contribution is 7.18. The van der Waals surface area contributed by atoms with E-state index in [9.17, 15) is 0 Å². The molecule has 2 heterocycles. The van der Waals surface area contributed by atoms with Gasteiger partial charge in [0.1, 0.15) is 4.88 Å². The second kappa shape index (κ2) is 4.80. The lowest BCUT2D eigenvalue weighted by Crippen LogP contribution is -1.81. The molecule has 0 unspecified atom stereocenters. The van der Waals surface area contributed by atoms with Crippen LogP contribution < -0.4 is 5.73 Å². The van der Waals surface area contributed by atoms with Crippen LogP contribution in [0.15, 0.2) is 28.9 Å². The minimum Gasteiger partial charge on any atom is -0.375 e. The lowest BCUT2D eigenvalue weighted by Gasteiger charge is -1.97. The number of thiazole rings is 1. The third-order valence-corrected chi connectivity index (χ3v) is 3.89. The molecule has 2 aromatic heterocycles. The van der Waals surface area contributed by atoms with Gasteiger partial charge in [0.15, 0.2) is 5.13 Å². The van der Waals surface area contributed by atoms with E-state index >= 15 is 0 Å². The van der Waals surface area contributed by atoms with Gasteiger partial charge in [-0.15, -0.1) is 0 Å². The lowest BCUT2D eigenvalue weighted by molar-refractivity contribution is 0.433. The van der Waals surface area contributed by atoms with Crippen molar-refractivity contribution >= 4 is 39.7 Å². The Morgan fingerprint density at radius 3 is 2.74 bits per heavy atom. The van der Waals surface area contributed by atoms with Crippen molar-refractivity contribution in [3.8, 4) is 22.2 Å². The van der Waals surface area contributed by atoms with Crippen LogP contribution in [0.5, 0.6) is 0 Å². The van der Waals surface area contributed by atoms with Gasteiger partial charge in [-0.25, -0.2) is 4.98 Å². The summed E-state index contributed by atoms with van der Waals surface area (Å²) in [5, 5.41) is 5.26. The quantitative estimate of drug-likeness (QED) is 0.779. The molecule has 0 amide bonds. The first kappa shape index (κ1) is 12.4. The average molecular weight is 313 g/mol. The number of hydrogen-bond donors (Lipinski definition) is 1. The fourth-order valence-electron chi connectivity index (χ4n) is 1.46. The Morgan fingerprint density at radius 1 is 1.21 bits per heavy atom. The monoisotopic (exact) mass is 312 g/mol. The van der Waals surface area contributed by atoms with Crippen molar-refractivity contribution in [2.24, 2.45) is 0 Å². The number of halogens is 2. The van der Waals surface area contributed by atoms with Crippen molar-refractivity contribution in [2.45, 2.75) is 0 Å². The first-order chi connectivity index (χ1) is 9.13. The van der Waals surface area contributed by atoms with Gasteiger partial charge in [-0.1, -0.05) is 39.7 Å². The van der Waals surface area contributed by atoms with Crippen LogP contribution in [0, 0.1) is 0 Å². The summed E-state index contributed by atoms with van der Waals surface area (Å²) >= 11 is 13.1. The maximum Gasteiger partial charge on any atom is 0.270 e. The first-order valence-electron chi connectivity index (χ1n) is 5.14. The number of nitrogens with two attached hydrogens (primary N) is 1. The summed E-state index contributed by atoms with van der Waals surface area (Å²) in [6.07, 6.45) is 1.59. The molecule has 19 heavy (non-hydrogen) atoms. The van der Waals surface area contributed by atoms with Crippen molar-refractivity contribution in [3.63, 3.8) is 0 Å². The summed E-state index contributed by atoms with van der Waals surface area (Å²) < 4.78 is 5.17. The molecule has 0 saturated carbocycles. The molecule has 0 radical (unpaired) electrons. The minimum atomic E-state index is 0.371. The smallest absolute Gasteiger partial charge is 0.270 e.